The van der Waals surface area contributed by atoms with Gasteiger partial charge in [0.2, 0.25) is 10.0 Å². The Morgan fingerprint density at radius 1 is 1.20 bits per heavy atom. The van der Waals surface area contributed by atoms with Gasteiger partial charge in [0.15, 0.2) is 0 Å². The van der Waals surface area contributed by atoms with Gasteiger partial charge >= 0.3 is 0 Å². The Morgan fingerprint density at radius 3 is 2.65 bits per heavy atom. The fraction of sp³-hybridized carbons (Fsp3) is 0.231. The molecule has 0 aliphatic rings. The largest absolute Gasteiger partial charge is 0.316 e. The van der Waals surface area contributed by atoms with Gasteiger partial charge in [-0.05, 0) is 47.1 Å². The Kier molecular flexibility index (Phi) is 4.87. The Labute approximate surface area is 121 Å². The lowest BCUT2D eigenvalue weighted by atomic mass is 10.2. The van der Waals surface area contributed by atoms with E-state index >= 15 is 0 Å². The van der Waals surface area contributed by atoms with Crippen LogP contribution < -0.4 is 10.0 Å². The average Bonchev–Trinajstić information content (AvgIpc) is 2.92. The van der Waals surface area contributed by atoms with E-state index in [0.29, 0.717) is 12.1 Å². The summed E-state index contributed by atoms with van der Waals surface area (Å²) in [5.74, 6) is -0.748. The first-order valence-electron chi connectivity index (χ1n) is 5.96. The summed E-state index contributed by atoms with van der Waals surface area (Å²) >= 11 is 1.48. The minimum Gasteiger partial charge on any atom is -0.316 e. The molecule has 7 heteroatoms. The van der Waals surface area contributed by atoms with E-state index in [4.69, 9.17) is 0 Å². The van der Waals surface area contributed by atoms with Gasteiger partial charge in [0.1, 0.15) is 10.7 Å². The highest BCUT2D eigenvalue weighted by atomic mass is 32.2. The maximum absolute atomic E-state index is 13.7. The van der Waals surface area contributed by atoms with Gasteiger partial charge in [-0.2, -0.15) is 11.3 Å². The topological polar surface area (TPSA) is 58.2 Å². The monoisotopic (exact) mass is 314 g/mol. The van der Waals surface area contributed by atoms with Crippen LogP contribution in [-0.2, 0) is 23.1 Å². The molecule has 2 aromatic rings. The van der Waals surface area contributed by atoms with E-state index in [0.717, 1.165) is 5.56 Å². The summed E-state index contributed by atoms with van der Waals surface area (Å²) in [6.07, 6.45) is 0. The number of nitrogens with one attached hydrogen (secondary N) is 2. The average molecular weight is 314 g/mol. The second-order valence-electron chi connectivity index (χ2n) is 4.25. The van der Waals surface area contributed by atoms with E-state index in [1.807, 2.05) is 16.8 Å². The number of hydrogen-bond acceptors (Lipinski definition) is 4. The quantitative estimate of drug-likeness (QED) is 0.858. The maximum atomic E-state index is 13.7. The van der Waals surface area contributed by atoms with Gasteiger partial charge in [0, 0.05) is 13.1 Å². The van der Waals surface area contributed by atoms with Crippen molar-refractivity contribution in [2.75, 3.05) is 7.05 Å². The number of hydrogen-bond donors (Lipinski definition) is 2. The van der Waals surface area contributed by atoms with E-state index < -0.39 is 15.8 Å². The molecule has 2 rings (SSSR count). The Balaban J connectivity index is 2.21. The van der Waals surface area contributed by atoms with Crippen molar-refractivity contribution in [2.24, 2.45) is 0 Å². The van der Waals surface area contributed by atoms with Crippen LogP contribution in [0.5, 0.6) is 0 Å². The lowest BCUT2D eigenvalue weighted by Gasteiger charge is -2.09. The zero-order valence-electron chi connectivity index (χ0n) is 10.9. The van der Waals surface area contributed by atoms with E-state index in [-0.39, 0.29) is 11.4 Å². The molecule has 0 saturated heterocycles. The predicted octanol–water partition coefficient (Wildman–Crippen LogP) is 2.09. The highest BCUT2D eigenvalue weighted by Gasteiger charge is 2.19. The van der Waals surface area contributed by atoms with Crippen molar-refractivity contribution in [1.82, 2.24) is 10.0 Å². The zero-order valence-corrected chi connectivity index (χ0v) is 12.5. The number of halogens is 1. The number of rotatable bonds is 6. The molecule has 0 aliphatic carbocycles. The summed E-state index contributed by atoms with van der Waals surface area (Å²) in [7, 11) is -2.11. The maximum Gasteiger partial charge on any atom is 0.243 e. The number of sulfonamides is 1. The van der Waals surface area contributed by atoms with Crippen molar-refractivity contribution in [3.05, 3.63) is 52.0 Å². The molecule has 1 aromatic heterocycles. The van der Waals surface area contributed by atoms with Crippen LogP contribution in [0.15, 0.2) is 39.9 Å². The van der Waals surface area contributed by atoms with Gasteiger partial charge in [-0.1, -0.05) is 6.07 Å². The molecule has 0 fully saturated rings. The van der Waals surface area contributed by atoms with Gasteiger partial charge in [-0.25, -0.2) is 17.5 Å². The van der Waals surface area contributed by atoms with Crippen LogP contribution in [0.2, 0.25) is 0 Å². The SMILES string of the molecule is CNCc1ccc(F)c(S(=O)(=O)NCc2ccsc2)c1. The van der Waals surface area contributed by atoms with Crippen LogP contribution >= 0.6 is 11.3 Å². The highest BCUT2D eigenvalue weighted by molar-refractivity contribution is 7.89. The molecule has 0 bridgehead atoms. The van der Waals surface area contributed by atoms with E-state index in [9.17, 15) is 12.8 Å². The fourth-order valence-electron chi connectivity index (χ4n) is 1.72. The molecule has 2 N–H and O–H groups in total. The van der Waals surface area contributed by atoms with Crippen LogP contribution in [-0.4, -0.2) is 15.5 Å². The number of thiophene rings is 1. The van der Waals surface area contributed by atoms with Crippen LogP contribution in [0, 0.1) is 5.82 Å². The van der Waals surface area contributed by atoms with Crippen molar-refractivity contribution >= 4 is 21.4 Å². The molecule has 0 radical (unpaired) electrons. The van der Waals surface area contributed by atoms with Crippen LogP contribution in [0.4, 0.5) is 4.39 Å². The third kappa shape index (κ3) is 3.63. The third-order valence-electron chi connectivity index (χ3n) is 2.71. The summed E-state index contributed by atoms with van der Waals surface area (Å²) in [5.41, 5.74) is 1.56. The van der Waals surface area contributed by atoms with Gasteiger partial charge in [0.05, 0.1) is 0 Å². The molecule has 0 aliphatic heterocycles. The lowest BCUT2D eigenvalue weighted by molar-refractivity contribution is 0.555. The van der Waals surface area contributed by atoms with E-state index in [1.54, 1.807) is 13.1 Å². The predicted molar refractivity (Wildman–Crippen MR) is 77.5 cm³/mol. The van der Waals surface area contributed by atoms with Crippen molar-refractivity contribution in [2.45, 2.75) is 18.0 Å². The highest BCUT2D eigenvalue weighted by Crippen LogP contribution is 2.17. The summed E-state index contributed by atoms with van der Waals surface area (Å²) < 4.78 is 40.4. The number of benzene rings is 1. The minimum absolute atomic E-state index is 0.154. The zero-order chi connectivity index (χ0) is 14.6. The second kappa shape index (κ2) is 6.45. The molecule has 0 spiro atoms. The molecule has 1 heterocycles. The van der Waals surface area contributed by atoms with Crippen LogP contribution in [0.1, 0.15) is 11.1 Å². The van der Waals surface area contributed by atoms with E-state index in [1.165, 1.54) is 23.5 Å². The molecular formula is C13H15FN2O2S2. The smallest absolute Gasteiger partial charge is 0.243 e. The van der Waals surface area contributed by atoms with Crippen molar-refractivity contribution in [1.29, 1.82) is 0 Å². The summed E-state index contributed by atoms with van der Waals surface area (Å²) in [6, 6.07) is 5.90. The molecule has 20 heavy (non-hydrogen) atoms. The molecule has 0 saturated carbocycles. The Bertz CT molecular complexity index is 670. The van der Waals surface area contributed by atoms with Gasteiger partial charge in [0.25, 0.3) is 0 Å². The van der Waals surface area contributed by atoms with Gasteiger partial charge in [-0.15, -0.1) is 0 Å². The Hall–Kier alpha value is -1.28. The second-order valence-corrected chi connectivity index (χ2v) is 6.77. The normalized spacial score (nSPS) is 11.7. The molecule has 108 valence electrons. The van der Waals surface area contributed by atoms with Crippen LogP contribution in [0.3, 0.4) is 0 Å². The molecule has 1 aromatic carbocycles. The van der Waals surface area contributed by atoms with Gasteiger partial charge < -0.3 is 5.32 Å². The molecular weight excluding hydrogens is 299 g/mol. The first-order valence-corrected chi connectivity index (χ1v) is 8.39. The standard InChI is InChI=1S/C13H15FN2O2S2/c1-15-7-10-2-3-12(14)13(6-10)20(17,18)16-8-11-4-5-19-9-11/h2-6,9,15-16H,7-8H2,1H3. The molecule has 0 amide bonds. The first-order chi connectivity index (χ1) is 9.53. The first kappa shape index (κ1) is 15.1. The third-order valence-corrected chi connectivity index (χ3v) is 4.86. The summed E-state index contributed by atoms with van der Waals surface area (Å²) in [4.78, 5) is -0.319. The van der Waals surface area contributed by atoms with Crippen molar-refractivity contribution in [3.63, 3.8) is 0 Å². The van der Waals surface area contributed by atoms with E-state index in [2.05, 4.69) is 10.0 Å². The van der Waals surface area contributed by atoms with Crippen molar-refractivity contribution in [3.8, 4) is 0 Å². The van der Waals surface area contributed by atoms with Gasteiger partial charge in [-0.3, -0.25) is 0 Å². The molecule has 4 nitrogen and oxygen atoms in total. The van der Waals surface area contributed by atoms with Crippen molar-refractivity contribution < 1.29 is 12.8 Å². The lowest BCUT2D eigenvalue weighted by Crippen LogP contribution is -2.24. The summed E-state index contributed by atoms with van der Waals surface area (Å²) in [6.45, 7) is 0.634. The minimum atomic E-state index is -3.86. The Morgan fingerprint density at radius 2 is 2.00 bits per heavy atom. The molecule has 0 atom stereocenters. The van der Waals surface area contributed by atoms with Crippen LogP contribution in [0.25, 0.3) is 0 Å². The summed E-state index contributed by atoms with van der Waals surface area (Å²) in [5, 5.41) is 6.60. The fourth-order valence-corrected chi connectivity index (χ4v) is 3.53. The molecule has 0 unspecified atom stereocenters.